The average Bonchev–Trinajstić information content (AvgIpc) is 2.99. The van der Waals surface area contributed by atoms with Crippen molar-refractivity contribution in [3.63, 3.8) is 0 Å². The van der Waals surface area contributed by atoms with Crippen LogP contribution in [0.1, 0.15) is 36.5 Å². The number of hydrogen-bond acceptors (Lipinski definition) is 3. The molecule has 19 heavy (non-hydrogen) atoms. The van der Waals surface area contributed by atoms with Crippen LogP contribution in [0.2, 0.25) is 0 Å². The molecule has 0 saturated carbocycles. The normalized spacial score (nSPS) is 28.1. The number of ether oxygens (including phenoxy) is 2. The zero-order valence-corrected chi connectivity index (χ0v) is 11.4. The third kappa shape index (κ3) is 2.99. The highest BCUT2D eigenvalue weighted by atomic mass is 16.5. The largest absolute Gasteiger partial charge is 0.381 e. The van der Waals surface area contributed by atoms with Crippen LogP contribution in [-0.2, 0) is 15.9 Å². The Labute approximate surface area is 115 Å². The second-order valence-corrected chi connectivity index (χ2v) is 5.70. The summed E-state index contributed by atoms with van der Waals surface area (Å²) in [4.78, 5) is 0. The molecule has 1 heterocycles. The lowest BCUT2D eigenvalue weighted by atomic mass is 9.89. The number of benzene rings is 1. The second-order valence-electron chi connectivity index (χ2n) is 5.70. The molecule has 1 aliphatic heterocycles. The Bertz CT molecular complexity index is 415. The van der Waals surface area contributed by atoms with Crippen LogP contribution >= 0.6 is 0 Å². The number of fused-ring (bicyclic) bond motifs is 1. The van der Waals surface area contributed by atoms with Crippen LogP contribution in [0.15, 0.2) is 24.3 Å². The van der Waals surface area contributed by atoms with E-state index in [9.17, 15) is 0 Å². The lowest BCUT2D eigenvalue weighted by Gasteiger charge is -2.28. The van der Waals surface area contributed by atoms with Gasteiger partial charge in [-0.1, -0.05) is 24.3 Å². The van der Waals surface area contributed by atoms with Crippen molar-refractivity contribution < 1.29 is 9.47 Å². The fraction of sp³-hybridized carbons (Fsp3) is 0.625. The lowest BCUT2D eigenvalue weighted by molar-refractivity contribution is 0.0224. The van der Waals surface area contributed by atoms with Gasteiger partial charge in [0.2, 0.25) is 0 Å². The molecule has 1 aliphatic carbocycles. The molecule has 3 heteroatoms. The van der Waals surface area contributed by atoms with E-state index in [0.717, 1.165) is 26.1 Å². The van der Waals surface area contributed by atoms with Gasteiger partial charge in [0.15, 0.2) is 0 Å². The Kier molecular flexibility index (Phi) is 4.16. The van der Waals surface area contributed by atoms with Crippen LogP contribution in [-0.4, -0.2) is 25.9 Å². The van der Waals surface area contributed by atoms with Gasteiger partial charge in [-0.25, -0.2) is 0 Å². The van der Waals surface area contributed by atoms with E-state index in [1.54, 1.807) is 0 Å². The van der Waals surface area contributed by atoms with E-state index < -0.39 is 0 Å². The monoisotopic (exact) mass is 261 g/mol. The standard InChI is InChI=1S/C16H23NO2/c17-15(13-8-9-18-10-13)11-19-16-7-3-5-12-4-1-2-6-14(12)16/h1-2,4,6,13,15-16H,3,5,7-11,17H2. The predicted octanol–water partition coefficient (Wildman–Crippen LogP) is 2.44. The molecule has 0 spiro atoms. The molecule has 3 rings (SSSR count). The molecule has 0 radical (unpaired) electrons. The first-order valence-electron chi connectivity index (χ1n) is 7.37. The lowest BCUT2D eigenvalue weighted by Crippen LogP contribution is -2.35. The molecule has 1 saturated heterocycles. The van der Waals surface area contributed by atoms with E-state index in [1.165, 1.54) is 24.0 Å². The first kappa shape index (κ1) is 13.1. The minimum atomic E-state index is 0.108. The van der Waals surface area contributed by atoms with Gasteiger partial charge in [-0.15, -0.1) is 0 Å². The average molecular weight is 261 g/mol. The molecule has 3 nitrogen and oxygen atoms in total. The second kappa shape index (κ2) is 6.04. The van der Waals surface area contributed by atoms with Gasteiger partial charge in [0.1, 0.15) is 0 Å². The number of rotatable bonds is 4. The number of nitrogens with two attached hydrogens (primary N) is 1. The first-order chi connectivity index (χ1) is 9.34. The van der Waals surface area contributed by atoms with Gasteiger partial charge in [-0.05, 0) is 36.8 Å². The zero-order valence-electron chi connectivity index (χ0n) is 11.4. The van der Waals surface area contributed by atoms with E-state index in [1.807, 2.05) is 0 Å². The molecule has 1 fully saturated rings. The maximum absolute atomic E-state index is 6.21. The van der Waals surface area contributed by atoms with E-state index in [2.05, 4.69) is 24.3 Å². The zero-order chi connectivity index (χ0) is 13.1. The highest BCUT2D eigenvalue weighted by Crippen LogP contribution is 2.32. The maximum atomic E-state index is 6.21. The van der Waals surface area contributed by atoms with Gasteiger partial charge in [-0.3, -0.25) is 0 Å². The fourth-order valence-corrected chi connectivity index (χ4v) is 3.14. The van der Waals surface area contributed by atoms with Crippen LogP contribution in [0.3, 0.4) is 0 Å². The molecule has 3 atom stereocenters. The van der Waals surface area contributed by atoms with Crippen LogP contribution in [0.5, 0.6) is 0 Å². The van der Waals surface area contributed by atoms with Gasteiger partial charge in [0.25, 0.3) is 0 Å². The fourth-order valence-electron chi connectivity index (χ4n) is 3.14. The van der Waals surface area contributed by atoms with Gasteiger partial charge in [0, 0.05) is 18.6 Å². The smallest absolute Gasteiger partial charge is 0.0828 e. The van der Waals surface area contributed by atoms with E-state index >= 15 is 0 Å². The third-order valence-corrected chi connectivity index (χ3v) is 4.37. The summed E-state index contributed by atoms with van der Waals surface area (Å²) < 4.78 is 11.5. The van der Waals surface area contributed by atoms with Crippen molar-refractivity contribution in [2.24, 2.45) is 11.7 Å². The molecule has 3 unspecified atom stereocenters. The maximum Gasteiger partial charge on any atom is 0.0828 e. The van der Waals surface area contributed by atoms with E-state index in [0.29, 0.717) is 12.5 Å². The van der Waals surface area contributed by atoms with Gasteiger partial charge in [-0.2, -0.15) is 0 Å². The SMILES string of the molecule is NC(COC1CCCc2ccccc21)C1CCOC1. The summed E-state index contributed by atoms with van der Waals surface area (Å²) in [5.41, 5.74) is 9.02. The Morgan fingerprint density at radius 2 is 2.21 bits per heavy atom. The van der Waals surface area contributed by atoms with Crippen molar-refractivity contribution in [2.75, 3.05) is 19.8 Å². The Balaban J connectivity index is 1.58. The first-order valence-corrected chi connectivity index (χ1v) is 7.37. The van der Waals surface area contributed by atoms with E-state index in [4.69, 9.17) is 15.2 Å². The summed E-state index contributed by atoms with van der Waals surface area (Å²) in [6.07, 6.45) is 4.82. The molecule has 1 aromatic carbocycles. The summed E-state index contributed by atoms with van der Waals surface area (Å²) in [5.74, 6) is 0.471. The minimum absolute atomic E-state index is 0.108. The van der Waals surface area contributed by atoms with Gasteiger partial charge >= 0.3 is 0 Å². The Hall–Kier alpha value is -0.900. The van der Waals surface area contributed by atoms with Crippen molar-refractivity contribution in [3.8, 4) is 0 Å². The predicted molar refractivity (Wildman–Crippen MR) is 75.0 cm³/mol. The molecule has 0 bridgehead atoms. The minimum Gasteiger partial charge on any atom is -0.381 e. The van der Waals surface area contributed by atoms with Crippen molar-refractivity contribution in [1.29, 1.82) is 0 Å². The molecular weight excluding hydrogens is 238 g/mol. The molecule has 0 aromatic heterocycles. The Morgan fingerprint density at radius 3 is 3.05 bits per heavy atom. The molecule has 0 amide bonds. The molecule has 1 aromatic rings. The van der Waals surface area contributed by atoms with Gasteiger partial charge in [0.05, 0.1) is 19.3 Å². The van der Waals surface area contributed by atoms with Crippen molar-refractivity contribution >= 4 is 0 Å². The highest BCUT2D eigenvalue weighted by molar-refractivity contribution is 5.31. The van der Waals surface area contributed by atoms with Gasteiger partial charge < -0.3 is 15.2 Å². The molecular formula is C16H23NO2. The Morgan fingerprint density at radius 1 is 1.32 bits per heavy atom. The highest BCUT2D eigenvalue weighted by Gasteiger charge is 2.25. The molecule has 104 valence electrons. The van der Waals surface area contributed by atoms with E-state index in [-0.39, 0.29) is 12.1 Å². The third-order valence-electron chi connectivity index (χ3n) is 4.37. The summed E-state index contributed by atoms with van der Waals surface area (Å²) >= 11 is 0. The summed E-state index contributed by atoms with van der Waals surface area (Å²) in [6, 6.07) is 8.74. The van der Waals surface area contributed by atoms with Crippen molar-refractivity contribution in [2.45, 2.75) is 37.8 Å². The topological polar surface area (TPSA) is 44.5 Å². The molecule has 2 aliphatic rings. The number of hydrogen-bond donors (Lipinski definition) is 1. The van der Waals surface area contributed by atoms with Crippen molar-refractivity contribution in [3.05, 3.63) is 35.4 Å². The van der Waals surface area contributed by atoms with Crippen LogP contribution in [0.25, 0.3) is 0 Å². The quantitative estimate of drug-likeness (QED) is 0.905. The van der Waals surface area contributed by atoms with Crippen molar-refractivity contribution in [1.82, 2.24) is 0 Å². The van der Waals surface area contributed by atoms with Crippen LogP contribution in [0.4, 0.5) is 0 Å². The molecule has 2 N–H and O–H groups in total. The van der Waals surface area contributed by atoms with Crippen LogP contribution < -0.4 is 5.73 Å². The summed E-state index contributed by atoms with van der Waals surface area (Å²) in [6.45, 7) is 2.30. The summed E-state index contributed by atoms with van der Waals surface area (Å²) in [5, 5.41) is 0. The van der Waals surface area contributed by atoms with Crippen LogP contribution in [0, 0.1) is 5.92 Å². The number of aryl methyl sites for hydroxylation is 1. The summed E-state index contributed by atoms with van der Waals surface area (Å²) in [7, 11) is 0.